The topological polar surface area (TPSA) is 504 Å². The van der Waals surface area contributed by atoms with Crippen molar-refractivity contribution in [3.05, 3.63) is 87.0 Å². The number of Topliss-reactive ketones (excluding diaryl/α,β-unsaturated/α-hetero) is 2. The van der Waals surface area contributed by atoms with Crippen LogP contribution in [0.1, 0.15) is 88.9 Å². The highest BCUT2D eigenvalue weighted by atomic mass is 127. The van der Waals surface area contributed by atoms with E-state index in [4.69, 9.17) is 19.7 Å². The predicted octanol–water partition coefficient (Wildman–Crippen LogP) is 3.20. The third kappa shape index (κ3) is 9.78. The maximum atomic E-state index is 12.2. The van der Waals surface area contributed by atoms with Gasteiger partial charge in [0.2, 0.25) is 23.4 Å². The quantitative estimate of drug-likeness (QED) is 0.0342. The highest BCUT2D eigenvalue weighted by Crippen LogP contribution is 2.44. The number of carbonyl (C=O) groups is 11. The van der Waals surface area contributed by atoms with E-state index in [1.807, 2.05) is 0 Å². The Hall–Kier alpha value is -10.6. The van der Waals surface area contributed by atoms with Crippen molar-refractivity contribution in [2.75, 3.05) is 7.11 Å². The average molecular weight is 1150 g/mol. The van der Waals surface area contributed by atoms with Gasteiger partial charge in [-0.1, -0.05) is 0 Å². The standard InChI is InChI=1S/C16H12N2O7.C14H8N2O8.C14H6N2O8.HI.H2O/c1-6-7-4-10(25-5-19)18-12(7)11-8(15(20)21)3-9(16(22)23)17-13(11)14(6)24-2;2*17-3-24-7-2-5-9(16-7)8-4(13(20)21)1-6(14(22)23)15-10(8)12(19)11(5)18;;/h3-5,17H,1-2H3,(H,20,21)(H,22,23);1-3,15,18-19H,(H,20,21)(H,22,23);1-3,16H,(H,20,21)(H,22,23);1H;1H2. The van der Waals surface area contributed by atoms with Crippen molar-refractivity contribution in [2.24, 2.45) is 0 Å². The lowest BCUT2D eigenvalue weighted by Gasteiger charge is -2.16. The van der Waals surface area contributed by atoms with E-state index in [1.165, 1.54) is 13.2 Å². The first-order chi connectivity index (χ1) is 34.6. The minimum atomic E-state index is -1.55. The molecule has 9 rings (SSSR count). The second-order valence-electron chi connectivity index (χ2n) is 14.6. The zero-order valence-corrected chi connectivity index (χ0v) is 39.5. The number of carboxylic acids is 6. The van der Waals surface area contributed by atoms with Crippen LogP contribution in [0.2, 0.25) is 0 Å². The summed E-state index contributed by atoms with van der Waals surface area (Å²) in [6.07, 6.45) is 0. The van der Waals surface area contributed by atoms with E-state index in [0.29, 0.717) is 10.9 Å². The second-order valence-corrected chi connectivity index (χ2v) is 14.6. The van der Waals surface area contributed by atoms with Gasteiger partial charge in [0.05, 0.1) is 62.5 Å². The van der Waals surface area contributed by atoms with E-state index in [0.717, 1.165) is 30.3 Å². The molecule has 0 unspecified atom stereocenters. The lowest BCUT2D eigenvalue weighted by Crippen LogP contribution is -2.25. The molecule has 0 bridgehead atoms. The molecule has 0 amide bonds. The molecule has 0 saturated heterocycles. The molecule has 0 atom stereocenters. The molecule has 2 aromatic carbocycles. The minimum Gasteiger partial charge on any atom is -0.504 e. The number of aryl methyl sites for hydroxylation is 1. The van der Waals surface area contributed by atoms with Crippen molar-refractivity contribution in [1.82, 2.24) is 29.9 Å². The SMILES string of the molecule is COc1c(C)c2cc(OC=O)nc2c2c(C(=O)O)cc(C(=O)O)[nH]c12.I.O.O=COc1cc2c(O)c(O)c3[nH]c(C(=O)O)cc(C(=O)O)c3c2n1.O=COc1cc2c([nH]1)-c1c(C(=O)O)cc(C(=O)O)nc1C(=O)C2=O. The molecular formula is C44H29IN6O24. The second kappa shape index (κ2) is 21.4. The number of aromatic nitrogens is 6. The Kier molecular flexibility index (Phi) is 15.8. The summed E-state index contributed by atoms with van der Waals surface area (Å²) in [4.78, 5) is 143. The van der Waals surface area contributed by atoms with Gasteiger partial charge in [-0.3, -0.25) is 24.0 Å². The lowest BCUT2D eigenvalue weighted by atomic mass is 9.88. The molecule has 6 heterocycles. The van der Waals surface area contributed by atoms with Crippen LogP contribution in [0.25, 0.3) is 54.9 Å². The molecule has 75 heavy (non-hydrogen) atoms. The summed E-state index contributed by atoms with van der Waals surface area (Å²) in [6.45, 7) is 2.08. The molecule has 0 spiro atoms. The highest BCUT2D eigenvalue weighted by Gasteiger charge is 2.38. The first kappa shape index (κ1) is 55.4. The van der Waals surface area contributed by atoms with Crippen molar-refractivity contribution >= 4 is 134 Å². The van der Waals surface area contributed by atoms with Crippen LogP contribution in [-0.4, -0.2) is 150 Å². The van der Waals surface area contributed by atoms with Crippen LogP contribution in [0.15, 0.2) is 36.4 Å². The van der Waals surface area contributed by atoms with Crippen LogP contribution in [0.4, 0.5) is 0 Å². The number of benzene rings is 2. The van der Waals surface area contributed by atoms with Crippen molar-refractivity contribution < 1.29 is 118 Å². The number of nitrogens with one attached hydrogen (secondary N) is 3. The van der Waals surface area contributed by atoms with Gasteiger partial charge in [-0.05, 0) is 25.1 Å². The fourth-order valence-electron chi connectivity index (χ4n) is 7.64. The Morgan fingerprint density at radius 2 is 1.07 bits per heavy atom. The molecule has 6 aromatic heterocycles. The number of rotatable bonds is 13. The van der Waals surface area contributed by atoms with Gasteiger partial charge < -0.3 is 80.2 Å². The van der Waals surface area contributed by atoms with Crippen molar-refractivity contribution in [2.45, 2.75) is 6.92 Å². The van der Waals surface area contributed by atoms with E-state index in [2.05, 4.69) is 39.4 Å². The maximum Gasteiger partial charge on any atom is 0.354 e. The molecule has 386 valence electrons. The third-order valence-corrected chi connectivity index (χ3v) is 10.6. The van der Waals surface area contributed by atoms with Crippen molar-refractivity contribution in [1.29, 1.82) is 0 Å². The summed E-state index contributed by atoms with van der Waals surface area (Å²) in [5, 5.41) is 76.1. The number of H-pyrrole nitrogens is 3. The summed E-state index contributed by atoms with van der Waals surface area (Å²) in [5.41, 5.74) is -3.25. The van der Waals surface area contributed by atoms with Gasteiger partial charge in [-0.25, -0.2) is 43.7 Å². The molecule has 1 aliphatic carbocycles. The fraction of sp³-hybridized carbons (Fsp3) is 0.0455. The Morgan fingerprint density at radius 1 is 0.573 bits per heavy atom. The molecule has 0 fully saturated rings. The van der Waals surface area contributed by atoms with Gasteiger partial charge >= 0.3 is 35.8 Å². The van der Waals surface area contributed by atoms with Gasteiger partial charge in [-0.2, -0.15) is 0 Å². The smallest absolute Gasteiger partial charge is 0.354 e. The fourth-order valence-corrected chi connectivity index (χ4v) is 7.64. The molecule has 0 radical (unpaired) electrons. The minimum absolute atomic E-state index is 0. The number of methoxy groups -OCH3 is 1. The number of hydrogen-bond acceptors (Lipinski definition) is 20. The number of carbonyl (C=O) groups excluding carboxylic acids is 5. The van der Waals surface area contributed by atoms with Crippen LogP contribution >= 0.6 is 24.0 Å². The van der Waals surface area contributed by atoms with Crippen LogP contribution in [0.3, 0.4) is 0 Å². The summed E-state index contributed by atoms with van der Waals surface area (Å²) in [7, 11) is 1.38. The van der Waals surface area contributed by atoms with E-state index in [-0.39, 0.29) is 139 Å². The van der Waals surface area contributed by atoms with Gasteiger partial charge in [0, 0.05) is 45.5 Å². The number of halogens is 1. The number of nitrogens with zero attached hydrogens (tertiary/aromatic N) is 3. The van der Waals surface area contributed by atoms with E-state index < -0.39 is 87.1 Å². The number of pyridine rings is 3. The number of phenols is 2. The highest BCUT2D eigenvalue weighted by molar-refractivity contribution is 14.0. The molecule has 1 aliphatic rings. The molecule has 0 aliphatic heterocycles. The molecule has 13 N–H and O–H groups in total. The van der Waals surface area contributed by atoms with Crippen LogP contribution in [0.5, 0.6) is 34.9 Å². The molecule has 30 nitrogen and oxygen atoms in total. The molecular weight excluding hydrogens is 1120 g/mol. The van der Waals surface area contributed by atoms with Crippen molar-refractivity contribution in [3.8, 4) is 46.1 Å². The largest absolute Gasteiger partial charge is 0.504 e. The number of aromatic amines is 3. The monoisotopic (exact) mass is 1150 g/mol. The number of hydrogen-bond donors (Lipinski definition) is 11. The van der Waals surface area contributed by atoms with Gasteiger partial charge in [0.1, 0.15) is 28.5 Å². The number of ether oxygens (including phenoxy) is 4. The van der Waals surface area contributed by atoms with Crippen molar-refractivity contribution in [3.63, 3.8) is 0 Å². The number of ketones is 2. The van der Waals surface area contributed by atoms with Crippen LogP contribution in [0, 0.1) is 6.92 Å². The third-order valence-electron chi connectivity index (χ3n) is 10.6. The van der Waals surface area contributed by atoms with E-state index in [9.17, 15) is 83.4 Å². The number of aromatic carboxylic acids is 6. The van der Waals surface area contributed by atoms with Gasteiger partial charge in [-0.15, -0.1) is 24.0 Å². The first-order valence-electron chi connectivity index (χ1n) is 19.6. The number of aromatic hydroxyl groups is 2. The Balaban J connectivity index is 0.000000205. The zero-order valence-electron chi connectivity index (χ0n) is 37.1. The van der Waals surface area contributed by atoms with E-state index >= 15 is 0 Å². The number of fused-ring (bicyclic) bond motifs is 9. The average Bonchev–Trinajstić information content (AvgIpc) is 4.10. The Bertz CT molecular complexity index is 3840. The summed E-state index contributed by atoms with van der Waals surface area (Å²) in [6, 6.07) is 6.34. The summed E-state index contributed by atoms with van der Waals surface area (Å²) >= 11 is 0. The molecule has 0 saturated carbocycles. The Morgan fingerprint density at radius 3 is 1.55 bits per heavy atom. The summed E-state index contributed by atoms with van der Waals surface area (Å²) < 4.78 is 19.2. The normalized spacial score (nSPS) is 11.0. The first-order valence-corrected chi connectivity index (χ1v) is 19.6. The van der Waals surface area contributed by atoms with Gasteiger partial charge in [0.15, 0.2) is 11.5 Å². The lowest BCUT2D eigenvalue weighted by molar-refractivity contribution is -0.121. The van der Waals surface area contributed by atoms with Crippen LogP contribution in [-0.2, 0) is 14.4 Å². The predicted molar refractivity (Wildman–Crippen MR) is 255 cm³/mol. The summed E-state index contributed by atoms with van der Waals surface area (Å²) in [5.74, 6) is -12.4. The Labute approximate surface area is 428 Å². The number of carboxylic acid groups (broad SMARTS) is 6. The maximum absolute atomic E-state index is 12.2. The van der Waals surface area contributed by atoms with E-state index in [1.54, 1.807) is 6.92 Å². The molecule has 31 heteroatoms. The number of phenolic OH excluding ortho intramolecular Hbond substituents is 2. The zero-order chi connectivity index (χ0) is 53.5. The van der Waals surface area contributed by atoms with Crippen LogP contribution < -0.4 is 18.9 Å². The molecule has 8 aromatic rings. The van der Waals surface area contributed by atoms with Gasteiger partial charge in [0.25, 0.3) is 25.2 Å².